The summed E-state index contributed by atoms with van der Waals surface area (Å²) in [5, 5.41) is 11.6. The van der Waals surface area contributed by atoms with Crippen molar-refractivity contribution in [3.05, 3.63) is 11.6 Å². The van der Waals surface area contributed by atoms with Gasteiger partial charge >= 0.3 is 0 Å². The lowest BCUT2D eigenvalue weighted by Crippen LogP contribution is -2.55. The molecule has 2 atom stereocenters. The minimum Gasteiger partial charge on any atom is -0.350 e. The lowest BCUT2D eigenvalue weighted by molar-refractivity contribution is -0.127. The van der Waals surface area contributed by atoms with E-state index in [-0.39, 0.29) is 24.4 Å². The summed E-state index contributed by atoms with van der Waals surface area (Å²) < 4.78 is 2.15. The average Bonchev–Trinajstić information content (AvgIpc) is 2.81. The van der Waals surface area contributed by atoms with Gasteiger partial charge in [-0.1, -0.05) is 27.2 Å². The molecule has 7 heteroatoms. The number of nitrogens with zero attached hydrogens (tertiary/aromatic N) is 3. The molecule has 126 valence electrons. The fourth-order valence-corrected chi connectivity index (χ4v) is 2.88. The molecule has 2 rings (SSSR count). The highest BCUT2D eigenvalue weighted by molar-refractivity contribution is 5.86. The molecule has 0 aromatic carbocycles. The van der Waals surface area contributed by atoms with Crippen molar-refractivity contribution in [3.8, 4) is 0 Å². The van der Waals surface area contributed by atoms with Crippen molar-refractivity contribution in [2.75, 3.05) is 0 Å². The highest BCUT2D eigenvalue weighted by atomic mass is 35.5. The van der Waals surface area contributed by atoms with Crippen molar-refractivity contribution in [2.24, 2.45) is 5.73 Å². The molecular formula is C15H28ClN5O. The number of rotatable bonds is 5. The lowest BCUT2D eigenvalue weighted by Gasteiger charge is -2.30. The van der Waals surface area contributed by atoms with Crippen LogP contribution in [0.5, 0.6) is 0 Å². The van der Waals surface area contributed by atoms with E-state index in [0.717, 1.165) is 37.5 Å². The number of carbonyl (C=O) groups is 1. The molecule has 1 amide bonds. The van der Waals surface area contributed by atoms with Crippen molar-refractivity contribution in [1.29, 1.82) is 0 Å². The van der Waals surface area contributed by atoms with Crippen LogP contribution in [0.2, 0.25) is 0 Å². The SMILES string of the molecule is CCCC(C)(N)C(=O)NC1CCc2nnc(C(C)C)n2C1.Cl. The number of halogens is 1. The largest absolute Gasteiger partial charge is 0.350 e. The van der Waals surface area contributed by atoms with Gasteiger partial charge in [0, 0.05) is 24.9 Å². The van der Waals surface area contributed by atoms with E-state index in [4.69, 9.17) is 5.73 Å². The molecule has 0 spiro atoms. The van der Waals surface area contributed by atoms with Crippen molar-refractivity contribution in [2.45, 2.75) is 77.4 Å². The number of nitrogens with two attached hydrogens (primary N) is 1. The third-order valence-electron chi connectivity index (χ3n) is 4.12. The first kappa shape index (κ1) is 18.9. The molecule has 1 aliphatic heterocycles. The van der Waals surface area contributed by atoms with E-state index in [0.29, 0.717) is 12.3 Å². The van der Waals surface area contributed by atoms with Crippen LogP contribution in [0.25, 0.3) is 0 Å². The Morgan fingerprint density at radius 2 is 2.18 bits per heavy atom. The molecular weight excluding hydrogens is 302 g/mol. The van der Waals surface area contributed by atoms with Gasteiger partial charge in [-0.2, -0.15) is 0 Å². The Hall–Kier alpha value is -1.14. The van der Waals surface area contributed by atoms with Gasteiger partial charge in [0.1, 0.15) is 11.6 Å². The molecule has 0 saturated carbocycles. The monoisotopic (exact) mass is 329 g/mol. The molecule has 1 aromatic rings. The molecule has 22 heavy (non-hydrogen) atoms. The smallest absolute Gasteiger partial charge is 0.240 e. The van der Waals surface area contributed by atoms with Crippen LogP contribution in [0.1, 0.15) is 64.5 Å². The Morgan fingerprint density at radius 3 is 2.77 bits per heavy atom. The highest BCUT2D eigenvalue weighted by Gasteiger charge is 2.31. The number of carbonyl (C=O) groups excluding carboxylic acids is 1. The predicted molar refractivity (Wildman–Crippen MR) is 89.1 cm³/mol. The maximum Gasteiger partial charge on any atom is 0.240 e. The topological polar surface area (TPSA) is 85.8 Å². The van der Waals surface area contributed by atoms with Gasteiger partial charge in [-0.3, -0.25) is 4.79 Å². The number of nitrogens with one attached hydrogen (secondary N) is 1. The maximum atomic E-state index is 12.3. The Balaban J connectivity index is 0.00000242. The lowest BCUT2D eigenvalue weighted by atomic mass is 9.95. The molecule has 1 aliphatic rings. The zero-order valence-corrected chi connectivity index (χ0v) is 14.7. The maximum absolute atomic E-state index is 12.3. The third-order valence-corrected chi connectivity index (χ3v) is 4.12. The second-order valence-corrected chi connectivity index (χ2v) is 6.62. The molecule has 3 N–H and O–H groups in total. The number of hydrogen-bond donors (Lipinski definition) is 2. The zero-order valence-electron chi connectivity index (χ0n) is 13.9. The van der Waals surface area contributed by atoms with E-state index in [2.05, 4.69) is 33.9 Å². The van der Waals surface area contributed by atoms with Crippen LogP contribution in [0, 0.1) is 0 Å². The Labute approximate surface area is 138 Å². The second-order valence-electron chi connectivity index (χ2n) is 6.62. The second kappa shape index (κ2) is 7.42. The van der Waals surface area contributed by atoms with Crippen molar-refractivity contribution < 1.29 is 4.79 Å². The Morgan fingerprint density at radius 1 is 1.50 bits per heavy atom. The summed E-state index contributed by atoms with van der Waals surface area (Å²) in [4.78, 5) is 12.3. The van der Waals surface area contributed by atoms with Crippen LogP contribution < -0.4 is 11.1 Å². The molecule has 1 aromatic heterocycles. The van der Waals surface area contributed by atoms with Crippen LogP contribution in [0.4, 0.5) is 0 Å². The van der Waals surface area contributed by atoms with Crippen molar-refractivity contribution >= 4 is 18.3 Å². The molecule has 0 radical (unpaired) electrons. The summed E-state index contributed by atoms with van der Waals surface area (Å²) in [6.45, 7) is 8.80. The van der Waals surface area contributed by atoms with Gasteiger partial charge in [0.2, 0.25) is 5.91 Å². The van der Waals surface area contributed by atoms with E-state index in [1.807, 2.05) is 6.92 Å². The van der Waals surface area contributed by atoms with E-state index in [1.165, 1.54) is 0 Å². The fourth-order valence-electron chi connectivity index (χ4n) is 2.88. The van der Waals surface area contributed by atoms with E-state index in [1.54, 1.807) is 6.92 Å². The number of fused-ring (bicyclic) bond motifs is 1. The molecule has 2 unspecified atom stereocenters. The van der Waals surface area contributed by atoms with Gasteiger partial charge < -0.3 is 15.6 Å². The first-order chi connectivity index (χ1) is 9.85. The molecule has 6 nitrogen and oxygen atoms in total. The van der Waals surface area contributed by atoms with E-state index in [9.17, 15) is 4.79 Å². The number of aromatic nitrogens is 3. The molecule has 2 heterocycles. The van der Waals surface area contributed by atoms with Crippen LogP contribution in [0.3, 0.4) is 0 Å². The average molecular weight is 330 g/mol. The fraction of sp³-hybridized carbons (Fsp3) is 0.800. The van der Waals surface area contributed by atoms with Crippen molar-refractivity contribution in [1.82, 2.24) is 20.1 Å². The minimum absolute atomic E-state index is 0. The summed E-state index contributed by atoms with van der Waals surface area (Å²) in [6, 6.07) is 0.109. The van der Waals surface area contributed by atoms with Gasteiger partial charge in [0.25, 0.3) is 0 Å². The number of amides is 1. The first-order valence-corrected chi connectivity index (χ1v) is 7.87. The summed E-state index contributed by atoms with van der Waals surface area (Å²) in [6.07, 6.45) is 3.34. The molecule has 0 fully saturated rings. The molecule has 0 saturated heterocycles. The van der Waals surface area contributed by atoms with Crippen molar-refractivity contribution in [3.63, 3.8) is 0 Å². The Bertz CT molecular complexity index is 512. The summed E-state index contributed by atoms with van der Waals surface area (Å²) in [5.74, 6) is 2.29. The van der Waals surface area contributed by atoms with Gasteiger partial charge in [0.15, 0.2) is 0 Å². The third kappa shape index (κ3) is 3.98. The zero-order chi connectivity index (χ0) is 15.6. The molecule has 0 bridgehead atoms. The number of aryl methyl sites for hydroxylation is 1. The van der Waals surface area contributed by atoms with Gasteiger partial charge in [-0.25, -0.2) is 0 Å². The van der Waals surface area contributed by atoms with E-state index < -0.39 is 5.54 Å². The van der Waals surface area contributed by atoms with E-state index >= 15 is 0 Å². The number of hydrogen-bond acceptors (Lipinski definition) is 4. The first-order valence-electron chi connectivity index (χ1n) is 7.87. The van der Waals surface area contributed by atoms with Crippen LogP contribution >= 0.6 is 12.4 Å². The van der Waals surface area contributed by atoms with Crippen LogP contribution in [-0.2, 0) is 17.8 Å². The van der Waals surface area contributed by atoms with Crippen LogP contribution in [-0.4, -0.2) is 32.3 Å². The highest BCUT2D eigenvalue weighted by Crippen LogP contribution is 2.20. The molecule has 0 aliphatic carbocycles. The summed E-state index contributed by atoms with van der Waals surface area (Å²) in [7, 11) is 0. The Kier molecular flexibility index (Phi) is 6.38. The quantitative estimate of drug-likeness (QED) is 0.862. The van der Waals surface area contributed by atoms with Gasteiger partial charge in [0.05, 0.1) is 5.54 Å². The van der Waals surface area contributed by atoms with Gasteiger partial charge in [-0.05, 0) is 19.8 Å². The summed E-state index contributed by atoms with van der Waals surface area (Å²) in [5.41, 5.74) is 5.31. The van der Waals surface area contributed by atoms with Gasteiger partial charge in [-0.15, -0.1) is 22.6 Å². The standard InChI is InChI=1S/C15H27N5O.ClH/c1-5-8-15(4,16)14(21)17-11-6-7-12-18-19-13(10(2)3)20(12)9-11;/h10-11H,5-9,16H2,1-4H3,(H,17,21);1H. The summed E-state index contributed by atoms with van der Waals surface area (Å²) >= 11 is 0. The van der Waals surface area contributed by atoms with Crippen LogP contribution in [0.15, 0.2) is 0 Å². The minimum atomic E-state index is -0.789. The normalized spacial score (nSPS) is 20.0. The predicted octanol–water partition coefficient (Wildman–Crippen LogP) is 1.77.